The van der Waals surface area contributed by atoms with Crippen LogP contribution in [0.15, 0.2) is 0 Å². The van der Waals surface area contributed by atoms with Crippen molar-refractivity contribution in [2.24, 2.45) is 0 Å². The van der Waals surface area contributed by atoms with E-state index in [1.165, 1.54) is 0 Å². The molecule has 0 spiro atoms. The first-order chi connectivity index (χ1) is 9.42. The standard InChI is InChI=1S/C13H24ClN5O/c1-6-7-19(9-8-18(4)5)12-15-11(14)16-13(17-12)20-10(2)3/h10H,6-9H2,1-5H3. The molecule has 7 heteroatoms. The zero-order chi connectivity index (χ0) is 15.1. The fourth-order valence-corrected chi connectivity index (χ4v) is 1.78. The van der Waals surface area contributed by atoms with Gasteiger partial charge in [0, 0.05) is 19.6 Å². The van der Waals surface area contributed by atoms with Crippen LogP contribution >= 0.6 is 11.6 Å². The van der Waals surface area contributed by atoms with Gasteiger partial charge >= 0.3 is 6.01 Å². The zero-order valence-corrected chi connectivity index (χ0v) is 13.7. The zero-order valence-electron chi connectivity index (χ0n) is 12.9. The van der Waals surface area contributed by atoms with Gasteiger partial charge in [-0.1, -0.05) is 6.92 Å². The maximum Gasteiger partial charge on any atom is 0.322 e. The van der Waals surface area contributed by atoms with Gasteiger partial charge in [-0.15, -0.1) is 0 Å². The highest BCUT2D eigenvalue weighted by Crippen LogP contribution is 2.16. The predicted octanol–water partition coefficient (Wildman–Crippen LogP) is 2.09. The number of nitrogens with zero attached hydrogens (tertiary/aromatic N) is 5. The van der Waals surface area contributed by atoms with Crippen LogP contribution in [0.1, 0.15) is 27.2 Å². The van der Waals surface area contributed by atoms with E-state index in [2.05, 4.69) is 31.7 Å². The molecule has 0 radical (unpaired) electrons. The van der Waals surface area contributed by atoms with E-state index >= 15 is 0 Å². The van der Waals surface area contributed by atoms with Crippen molar-refractivity contribution >= 4 is 17.5 Å². The summed E-state index contributed by atoms with van der Waals surface area (Å²) in [5.41, 5.74) is 0. The molecular weight excluding hydrogens is 278 g/mol. The topological polar surface area (TPSA) is 54.4 Å². The van der Waals surface area contributed by atoms with Crippen LogP contribution in [0.4, 0.5) is 5.95 Å². The molecule has 0 fully saturated rings. The van der Waals surface area contributed by atoms with Gasteiger partial charge in [-0.2, -0.15) is 15.0 Å². The van der Waals surface area contributed by atoms with Crippen LogP contribution in [-0.2, 0) is 0 Å². The third-order valence-electron chi connectivity index (χ3n) is 2.51. The molecule has 0 N–H and O–H groups in total. The van der Waals surface area contributed by atoms with Crippen LogP contribution in [0, 0.1) is 0 Å². The van der Waals surface area contributed by atoms with Crippen molar-refractivity contribution < 1.29 is 4.74 Å². The van der Waals surface area contributed by atoms with Gasteiger partial charge in [-0.05, 0) is 46.0 Å². The Kier molecular flexibility index (Phi) is 6.95. The number of aromatic nitrogens is 3. The highest BCUT2D eigenvalue weighted by atomic mass is 35.5. The van der Waals surface area contributed by atoms with Crippen LogP contribution in [-0.4, -0.2) is 59.7 Å². The molecule has 0 amide bonds. The van der Waals surface area contributed by atoms with Crippen LogP contribution in [0.5, 0.6) is 6.01 Å². The first-order valence-electron chi connectivity index (χ1n) is 6.90. The van der Waals surface area contributed by atoms with E-state index in [1.807, 2.05) is 27.9 Å². The molecule has 0 aromatic carbocycles. The SMILES string of the molecule is CCCN(CCN(C)C)c1nc(Cl)nc(OC(C)C)n1. The van der Waals surface area contributed by atoms with Crippen molar-refractivity contribution in [1.29, 1.82) is 0 Å². The highest BCUT2D eigenvalue weighted by Gasteiger charge is 2.14. The Hall–Kier alpha value is -1.14. The van der Waals surface area contributed by atoms with E-state index in [4.69, 9.17) is 16.3 Å². The lowest BCUT2D eigenvalue weighted by molar-refractivity contribution is 0.221. The summed E-state index contributed by atoms with van der Waals surface area (Å²) in [7, 11) is 4.08. The lowest BCUT2D eigenvalue weighted by atomic mass is 10.4. The van der Waals surface area contributed by atoms with Crippen molar-refractivity contribution in [2.45, 2.75) is 33.3 Å². The van der Waals surface area contributed by atoms with Crippen LogP contribution < -0.4 is 9.64 Å². The number of halogens is 1. The summed E-state index contributed by atoms with van der Waals surface area (Å²) in [6.45, 7) is 8.60. The Balaban J connectivity index is 2.90. The minimum absolute atomic E-state index is 0.00252. The maximum absolute atomic E-state index is 5.96. The van der Waals surface area contributed by atoms with E-state index in [0.717, 1.165) is 26.1 Å². The molecule has 1 rings (SSSR count). The molecule has 0 aliphatic carbocycles. The minimum Gasteiger partial charge on any atom is -0.461 e. The quantitative estimate of drug-likeness (QED) is 0.733. The van der Waals surface area contributed by atoms with Crippen molar-refractivity contribution in [3.63, 3.8) is 0 Å². The molecule has 0 unspecified atom stereocenters. The van der Waals surface area contributed by atoms with Gasteiger partial charge in [-0.3, -0.25) is 0 Å². The molecule has 20 heavy (non-hydrogen) atoms. The second-order valence-corrected chi connectivity index (χ2v) is 5.48. The summed E-state index contributed by atoms with van der Waals surface area (Å²) < 4.78 is 5.51. The van der Waals surface area contributed by atoms with Crippen LogP contribution in [0.25, 0.3) is 0 Å². The second kappa shape index (κ2) is 8.21. The number of hydrogen-bond donors (Lipinski definition) is 0. The van der Waals surface area contributed by atoms with Crippen molar-refractivity contribution in [3.05, 3.63) is 5.28 Å². The summed E-state index contributed by atoms with van der Waals surface area (Å²) in [6, 6.07) is 0.279. The number of anilines is 1. The van der Waals surface area contributed by atoms with Gasteiger partial charge in [0.1, 0.15) is 0 Å². The summed E-state index contributed by atoms with van der Waals surface area (Å²) >= 11 is 5.96. The molecule has 114 valence electrons. The van der Waals surface area contributed by atoms with Gasteiger partial charge in [0.25, 0.3) is 0 Å². The smallest absolute Gasteiger partial charge is 0.322 e. The van der Waals surface area contributed by atoms with Gasteiger partial charge in [0.05, 0.1) is 6.10 Å². The first kappa shape index (κ1) is 16.9. The largest absolute Gasteiger partial charge is 0.461 e. The average Bonchev–Trinajstić information content (AvgIpc) is 2.32. The number of ether oxygens (including phenoxy) is 1. The first-order valence-corrected chi connectivity index (χ1v) is 7.28. The molecule has 1 aromatic rings. The Labute approximate surface area is 126 Å². The average molecular weight is 302 g/mol. The van der Waals surface area contributed by atoms with E-state index in [-0.39, 0.29) is 17.4 Å². The van der Waals surface area contributed by atoms with E-state index in [9.17, 15) is 0 Å². The fourth-order valence-electron chi connectivity index (χ4n) is 1.63. The number of likely N-dealkylation sites (N-methyl/N-ethyl adjacent to an activating group) is 1. The fraction of sp³-hybridized carbons (Fsp3) is 0.769. The Bertz CT molecular complexity index is 414. The van der Waals surface area contributed by atoms with Gasteiger partial charge < -0.3 is 14.5 Å². The third kappa shape index (κ3) is 5.88. The van der Waals surface area contributed by atoms with Crippen molar-refractivity contribution in [3.8, 4) is 6.01 Å². The molecular formula is C13H24ClN5O. The van der Waals surface area contributed by atoms with Crippen molar-refractivity contribution in [2.75, 3.05) is 38.6 Å². The van der Waals surface area contributed by atoms with E-state index in [1.54, 1.807) is 0 Å². The van der Waals surface area contributed by atoms with E-state index in [0.29, 0.717) is 5.95 Å². The second-order valence-electron chi connectivity index (χ2n) is 5.14. The Morgan fingerprint density at radius 1 is 1.10 bits per heavy atom. The predicted molar refractivity (Wildman–Crippen MR) is 81.7 cm³/mol. The molecule has 1 aromatic heterocycles. The minimum atomic E-state index is 0.00252. The molecule has 0 aliphatic rings. The number of rotatable bonds is 8. The van der Waals surface area contributed by atoms with Gasteiger partial charge in [0.2, 0.25) is 11.2 Å². The lowest BCUT2D eigenvalue weighted by Crippen LogP contribution is -2.33. The summed E-state index contributed by atoms with van der Waals surface area (Å²) in [4.78, 5) is 16.8. The monoisotopic (exact) mass is 301 g/mol. The number of hydrogen-bond acceptors (Lipinski definition) is 6. The summed E-state index contributed by atoms with van der Waals surface area (Å²) in [5.74, 6) is 0.573. The van der Waals surface area contributed by atoms with Gasteiger partial charge in [-0.25, -0.2) is 0 Å². The Morgan fingerprint density at radius 3 is 2.35 bits per heavy atom. The summed E-state index contributed by atoms with van der Waals surface area (Å²) in [5, 5.41) is 0.164. The maximum atomic E-state index is 5.96. The lowest BCUT2D eigenvalue weighted by Gasteiger charge is -2.24. The Morgan fingerprint density at radius 2 is 1.80 bits per heavy atom. The highest BCUT2D eigenvalue weighted by molar-refractivity contribution is 6.28. The molecule has 0 saturated carbocycles. The molecule has 0 atom stereocenters. The third-order valence-corrected chi connectivity index (χ3v) is 2.68. The van der Waals surface area contributed by atoms with Crippen molar-refractivity contribution in [1.82, 2.24) is 19.9 Å². The normalized spacial score (nSPS) is 11.2. The van der Waals surface area contributed by atoms with Crippen LogP contribution in [0.2, 0.25) is 5.28 Å². The van der Waals surface area contributed by atoms with Crippen LogP contribution in [0.3, 0.4) is 0 Å². The molecule has 0 bridgehead atoms. The molecule has 0 saturated heterocycles. The molecule has 6 nitrogen and oxygen atoms in total. The van der Waals surface area contributed by atoms with E-state index < -0.39 is 0 Å². The summed E-state index contributed by atoms with van der Waals surface area (Å²) in [6.07, 6.45) is 1.01. The molecule has 0 aliphatic heterocycles. The van der Waals surface area contributed by atoms with Gasteiger partial charge in [0.15, 0.2) is 0 Å². The molecule has 1 heterocycles.